The fourth-order valence-electron chi connectivity index (χ4n) is 2.10. The second-order valence-corrected chi connectivity index (χ2v) is 4.91. The number of hydrogen-bond acceptors (Lipinski definition) is 3. The van der Waals surface area contributed by atoms with Crippen LogP contribution < -0.4 is 0 Å². The molecule has 0 unspecified atom stereocenters. The van der Waals surface area contributed by atoms with E-state index in [1.807, 2.05) is 32.9 Å². The van der Waals surface area contributed by atoms with Gasteiger partial charge in [-0.15, -0.1) is 11.6 Å². The van der Waals surface area contributed by atoms with Crippen LogP contribution in [0.5, 0.6) is 0 Å². The zero-order chi connectivity index (χ0) is 15.3. The molecule has 0 saturated carbocycles. The summed E-state index contributed by atoms with van der Waals surface area (Å²) in [6.07, 6.45) is 1.58. The number of halogens is 1. The molecule has 0 amide bonds. The van der Waals surface area contributed by atoms with Gasteiger partial charge in [0.1, 0.15) is 5.57 Å². The Labute approximate surface area is 124 Å². The van der Waals surface area contributed by atoms with Crippen molar-refractivity contribution in [3.63, 3.8) is 0 Å². The van der Waals surface area contributed by atoms with E-state index >= 15 is 0 Å². The van der Waals surface area contributed by atoms with Crippen LogP contribution in [0.3, 0.4) is 0 Å². The molecule has 0 aromatic heterocycles. The van der Waals surface area contributed by atoms with Gasteiger partial charge in [0.25, 0.3) is 0 Å². The molecule has 0 aliphatic rings. The van der Waals surface area contributed by atoms with E-state index in [2.05, 4.69) is 0 Å². The highest BCUT2D eigenvalue weighted by molar-refractivity contribution is 6.35. The van der Waals surface area contributed by atoms with Crippen LogP contribution in [0, 0.1) is 20.8 Å². The van der Waals surface area contributed by atoms with E-state index in [1.54, 1.807) is 13.0 Å². The monoisotopic (exact) mass is 294 g/mol. The van der Waals surface area contributed by atoms with Crippen molar-refractivity contribution in [2.75, 3.05) is 12.5 Å². The van der Waals surface area contributed by atoms with Gasteiger partial charge in [-0.3, -0.25) is 4.79 Å². The number of ether oxygens (including phenoxy) is 1. The minimum absolute atomic E-state index is 0.00287. The molecule has 3 nitrogen and oxygen atoms in total. The van der Waals surface area contributed by atoms with E-state index in [4.69, 9.17) is 16.3 Å². The Morgan fingerprint density at radius 2 is 1.75 bits per heavy atom. The Kier molecular flexibility index (Phi) is 5.96. The second-order valence-electron chi connectivity index (χ2n) is 4.65. The summed E-state index contributed by atoms with van der Waals surface area (Å²) in [6.45, 7) is 7.81. The highest BCUT2D eigenvalue weighted by Crippen LogP contribution is 2.20. The van der Waals surface area contributed by atoms with Crippen LogP contribution in [0.4, 0.5) is 0 Å². The van der Waals surface area contributed by atoms with Gasteiger partial charge in [-0.2, -0.15) is 0 Å². The molecule has 0 aliphatic carbocycles. The molecule has 0 aliphatic heterocycles. The predicted octanol–water partition coefficient (Wildman–Crippen LogP) is 3.37. The van der Waals surface area contributed by atoms with Gasteiger partial charge >= 0.3 is 5.97 Å². The van der Waals surface area contributed by atoms with Gasteiger partial charge in [-0.1, -0.05) is 17.7 Å². The summed E-state index contributed by atoms with van der Waals surface area (Å²) in [5.74, 6) is -1.30. The van der Waals surface area contributed by atoms with Gasteiger partial charge in [0.05, 0.1) is 12.5 Å². The third kappa shape index (κ3) is 3.94. The van der Waals surface area contributed by atoms with Gasteiger partial charge in [0.15, 0.2) is 5.78 Å². The summed E-state index contributed by atoms with van der Waals surface area (Å²) < 4.78 is 4.92. The first-order valence-electron chi connectivity index (χ1n) is 6.46. The van der Waals surface area contributed by atoms with Crippen molar-refractivity contribution in [2.45, 2.75) is 27.7 Å². The zero-order valence-electron chi connectivity index (χ0n) is 12.2. The lowest BCUT2D eigenvalue weighted by Crippen LogP contribution is -2.17. The Morgan fingerprint density at radius 3 is 2.20 bits per heavy atom. The Hall–Kier alpha value is -1.61. The van der Waals surface area contributed by atoms with Crippen molar-refractivity contribution < 1.29 is 14.3 Å². The fraction of sp³-hybridized carbons (Fsp3) is 0.375. The van der Waals surface area contributed by atoms with E-state index in [0.29, 0.717) is 0 Å². The molecule has 0 heterocycles. The lowest BCUT2D eigenvalue weighted by atomic mass is 9.97. The molecule has 0 spiro atoms. The maximum absolute atomic E-state index is 11.9. The van der Waals surface area contributed by atoms with Crippen molar-refractivity contribution in [1.29, 1.82) is 0 Å². The standard InChI is InChI=1S/C16H19ClO3/c1-5-20-16(19)14(15(18)9-17)8-13-11(3)6-10(2)7-12(13)4/h6-8H,5,9H2,1-4H3/b14-8-. The molecule has 1 aromatic rings. The molecule has 0 N–H and O–H groups in total. The fourth-order valence-corrected chi connectivity index (χ4v) is 2.24. The van der Waals surface area contributed by atoms with Gasteiger partial charge < -0.3 is 4.74 Å². The number of hydrogen-bond donors (Lipinski definition) is 0. The van der Waals surface area contributed by atoms with E-state index in [0.717, 1.165) is 22.3 Å². The lowest BCUT2D eigenvalue weighted by molar-refractivity contribution is -0.139. The van der Waals surface area contributed by atoms with Crippen molar-refractivity contribution in [1.82, 2.24) is 0 Å². The third-order valence-electron chi connectivity index (χ3n) is 2.94. The maximum Gasteiger partial charge on any atom is 0.341 e. The minimum atomic E-state index is -0.627. The molecular formula is C16H19ClO3. The number of aryl methyl sites for hydroxylation is 3. The van der Waals surface area contributed by atoms with E-state index < -0.39 is 11.8 Å². The third-order valence-corrected chi connectivity index (χ3v) is 3.19. The average molecular weight is 295 g/mol. The number of rotatable bonds is 5. The lowest BCUT2D eigenvalue weighted by Gasteiger charge is -2.10. The first-order chi connectivity index (χ1) is 9.40. The molecule has 0 fully saturated rings. The summed E-state index contributed by atoms with van der Waals surface area (Å²) in [7, 11) is 0. The smallest absolute Gasteiger partial charge is 0.341 e. The van der Waals surface area contributed by atoms with Crippen LogP contribution in [0.2, 0.25) is 0 Å². The molecule has 1 aromatic carbocycles. The van der Waals surface area contributed by atoms with Crippen molar-refractivity contribution in [3.8, 4) is 0 Å². The van der Waals surface area contributed by atoms with Gasteiger partial charge in [0.2, 0.25) is 0 Å². The summed E-state index contributed by atoms with van der Waals surface area (Å²) in [4.78, 5) is 23.7. The molecule has 108 valence electrons. The van der Waals surface area contributed by atoms with E-state index in [1.165, 1.54) is 0 Å². The van der Waals surface area contributed by atoms with Gasteiger partial charge in [0, 0.05) is 0 Å². The van der Waals surface area contributed by atoms with E-state index in [-0.39, 0.29) is 18.1 Å². The molecule has 0 bridgehead atoms. The van der Waals surface area contributed by atoms with Crippen LogP contribution in [-0.2, 0) is 14.3 Å². The molecule has 0 radical (unpaired) electrons. The summed E-state index contributed by atoms with van der Waals surface area (Å²) in [5, 5.41) is 0. The molecule has 1 rings (SSSR count). The van der Waals surface area contributed by atoms with Crippen LogP contribution in [0.25, 0.3) is 6.08 Å². The molecule has 4 heteroatoms. The number of ketones is 1. The van der Waals surface area contributed by atoms with Crippen LogP contribution in [0.1, 0.15) is 29.2 Å². The molecule has 0 saturated heterocycles. The zero-order valence-corrected chi connectivity index (χ0v) is 13.0. The summed E-state index contributed by atoms with van der Waals surface area (Å²) in [6, 6.07) is 4.01. The summed E-state index contributed by atoms with van der Waals surface area (Å²) >= 11 is 5.56. The number of benzene rings is 1. The van der Waals surface area contributed by atoms with Gasteiger partial charge in [-0.05, 0) is 50.5 Å². The minimum Gasteiger partial charge on any atom is -0.462 e. The van der Waals surface area contributed by atoms with Gasteiger partial charge in [-0.25, -0.2) is 4.79 Å². The van der Waals surface area contributed by atoms with E-state index in [9.17, 15) is 9.59 Å². The average Bonchev–Trinajstić information content (AvgIpc) is 2.37. The highest BCUT2D eigenvalue weighted by atomic mass is 35.5. The summed E-state index contributed by atoms with van der Waals surface area (Å²) in [5.41, 5.74) is 4.01. The number of esters is 1. The Bertz CT molecular complexity index is 536. The normalized spacial score (nSPS) is 11.3. The highest BCUT2D eigenvalue weighted by Gasteiger charge is 2.19. The number of carbonyl (C=O) groups is 2. The molecule has 0 atom stereocenters. The largest absolute Gasteiger partial charge is 0.462 e. The van der Waals surface area contributed by atoms with Crippen molar-refractivity contribution in [2.24, 2.45) is 0 Å². The van der Waals surface area contributed by atoms with Crippen molar-refractivity contribution >= 4 is 29.4 Å². The Balaban J connectivity index is 3.33. The van der Waals surface area contributed by atoms with Crippen molar-refractivity contribution in [3.05, 3.63) is 40.0 Å². The molecular weight excluding hydrogens is 276 g/mol. The first kappa shape index (κ1) is 16.4. The number of Topliss-reactive ketones (excluding diaryl/α,β-unsaturated/α-hetero) is 1. The number of carbonyl (C=O) groups excluding carboxylic acids is 2. The first-order valence-corrected chi connectivity index (χ1v) is 7.00. The van der Waals surface area contributed by atoms with Crippen LogP contribution >= 0.6 is 11.6 Å². The topological polar surface area (TPSA) is 43.4 Å². The quantitative estimate of drug-likeness (QED) is 0.275. The maximum atomic E-state index is 11.9. The Morgan fingerprint density at radius 1 is 1.20 bits per heavy atom. The number of alkyl halides is 1. The second kappa shape index (κ2) is 7.25. The van der Waals surface area contributed by atoms with Crippen LogP contribution in [-0.4, -0.2) is 24.2 Å². The molecule has 20 heavy (non-hydrogen) atoms. The predicted molar refractivity (Wildman–Crippen MR) is 81.0 cm³/mol. The SMILES string of the molecule is CCOC(=O)/C(=C\c1c(C)cc(C)cc1C)C(=O)CCl. The van der Waals surface area contributed by atoms with Crippen LogP contribution in [0.15, 0.2) is 17.7 Å².